The molecule has 3 rings (SSSR count). The van der Waals surface area contributed by atoms with E-state index < -0.39 is 0 Å². The first-order chi connectivity index (χ1) is 18.8. The molecule has 218 valence electrons. The molecule has 0 saturated heterocycles. The topological polar surface area (TPSA) is 190 Å². The van der Waals surface area contributed by atoms with Crippen LogP contribution in [0.1, 0.15) is 16.7 Å². The molecule has 40 heavy (non-hydrogen) atoms. The van der Waals surface area contributed by atoms with Crippen molar-refractivity contribution in [2.24, 2.45) is 15.5 Å². The molecule has 8 N–H and O–H groups in total. The molecule has 0 unspecified atom stereocenters. The predicted molar refractivity (Wildman–Crippen MR) is 169 cm³/mol. The fraction of sp³-hybridized carbons (Fsp3) is 0.222. The molecule has 0 bridgehead atoms. The van der Waals surface area contributed by atoms with Gasteiger partial charge in [0.1, 0.15) is 17.2 Å². The van der Waals surface area contributed by atoms with Crippen molar-refractivity contribution in [3.63, 3.8) is 0 Å². The molecule has 0 heterocycles. The molecule has 0 aliphatic carbocycles. The first-order valence-corrected chi connectivity index (χ1v) is 28.5. The Morgan fingerprint density at radius 1 is 0.450 bits per heavy atom. The van der Waals surface area contributed by atoms with Crippen LogP contribution in [0.5, 0.6) is 17.2 Å². The monoisotopic (exact) mass is 879 g/mol. The van der Waals surface area contributed by atoms with E-state index in [0.717, 1.165) is 0 Å². The number of nitrogens with zero attached hydrogens (tertiary/aromatic N) is 3. The quantitative estimate of drug-likeness (QED) is 0.0915. The second kappa shape index (κ2) is 34.9. The van der Waals surface area contributed by atoms with Crippen LogP contribution in [0.15, 0.2) is 88.3 Å². The van der Waals surface area contributed by atoms with Crippen LogP contribution < -0.4 is 0 Å². The van der Waals surface area contributed by atoms with Gasteiger partial charge in [-0.15, -0.1) is 0 Å². The molecule has 0 fully saturated rings. The van der Waals surface area contributed by atoms with Crippen molar-refractivity contribution in [1.82, 2.24) is 0 Å². The molecular formula is C27H41N3O7Sn3. The zero-order valence-electron chi connectivity index (χ0n) is 23.7. The van der Waals surface area contributed by atoms with Crippen LogP contribution in [0.25, 0.3) is 0 Å². The number of oxime groups is 3. The SMILES string of the molecule is O.O/N=C/c1ccccc1O.O/N=C/c1ccccc1O.O/N=C/c1ccccc1O.[CH3][Sn][CH3].[CH3][Sn][CH3].[CH3][Sn][CH3]. The van der Waals surface area contributed by atoms with E-state index in [1.54, 1.807) is 54.6 Å². The normalized spacial score (nSPS) is 9.15. The van der Waals surface area contributed by atoms with E-state index in [-0.39, 0.29) is 86.2 Å². The Morgan fingerprint density at radius 3 is 0.775 bits per heavy atom. The number of hydrogen-bond acceptors (Lipinski definition) is 9. The molecule has 10 nitrogen and oxygen atoms in total. The van der Waals surface area contributed by atoms with Gasteiger partial charge in [-0.1, -0.05) is 51.9 Å². The van der Waals surface area contributed by atoms with Gasteiger partial charge in [-0.25, -0.2) is 0 Å². The molecule has 6 radical (unpaired) electrons. The summed E-state index contributed by atoms with van der Waals surface area (Å²) in [6.07, 6.45) is 3.53. The summed E-state index contributed by atoms with van der Waals surface area (Å²) in [6, 6.07) is 19.9. The number of aromatic hydroxyl groups is 3. The Hall–Kier alpha value is -2.17. The van der Waals surface area contributed by atoms with E-state index in [1.165, 1.54) is 36.8 Å². The van der Waals surface area contributed by atoms with Crippen molar-refractivity contribution in [2.45, 2.75) is 29.6 Å². The van der Waals surface area contributed by atoms with Crippen LogP contribution in [0.4, 0.5) is 0 Å². The van der Waals surface area contributed by atoms with Crippen LogP contribution in [-0.4, -0.2) is 118 Å². The van der Waals surface area contributed by atoms with E-state index >= 15 is 0 Å². The molecule has 0 aromatic heterocycles. The van der Waals surface area contributed by atoms with Crippen LogP contribution in [0.3, 0.4) is 0 Å². The Bertz CT molecular complexity index is 925. The van der Waals surface area contributed by atoms with E-state index in [0.29, 0.717) is 16.7 Å². The van der Waals surface area contributed by atoms with Crippen LogP contribution in [0.2, 0.25) is 29.6 Å². The summed E-state index contributed by atoms with van der Waals surface area (Å²) < 4.78 is 0. The van der Waals surface area contributed by atoms with Gasteiger partial charge in [-0.3, -0.25) is 0 Å². The van der Waals surface area contributed by atoms with Crippen molar-refractivity contribution >= 4 is 82.1 Å². The number of para-hydroxylation sites is 3. The van der Waals surface area contributed by atoms with Crippen LogP contribution >= 0.6 is 0 Å². The van der Waals surface area contributed by atoms with Gasteiger partial charge in [0.15, 0.2) is 0 Å². The molecule has 13 heteroatoms. The summed E-state index contributed by atoms with van der Waals surface area (Å²) in [5.74, 6) is 0.334. The predicted octanol–water partition coefficient (Wildman–Crippen LogP) is 5.14. The average molecular weight is 876 g/mol. The molecular weight excluding hydrogens is 834 g/mol. The molecule has 3 aromatic rings. The fourth-order valence-electron chi connectivity index (χ4n) is 1.98. The number of phenolic OH excluding ortho intramolecular Hbond substituents is 3. The molecule has 0 aliphatic heterocycles. The number of rotatable bonds is 3. The Morgan fingerprint density at radius 2 is 0.625 bits per heavy atom. The van der Waals surface area contributed by atoms with Gasteiger partial charge in [-0.2, -0.15) is 0 Å². The molecule has 0 saturated carbocycles. The maximum atomic E-state index is 9.04. The summed E-state index contributed by atoms with van der Waals surface area (Å²) in [6.45, 7) is 0. The van der Waals surface area contributed by atoms with Crippen molar-refractivity contribution in [2.75, 3.05) is 0 Å². The third-order valence-electron chi connectivity index (χ3n) is 3.40. The minimum absolute atomic E-state index is 0. The Kier molecular flexibility index (Phi) is 39.1. The number of hydrogen-bond donors (Lipinski definition) is 6. The standard InChI is InChI=1S/3C7H7NO2.6CH3.H2O.3Sn/c3*9-7-4-2-1-3-6(7)5-8-10;;;;;;;;;;/h3*1-5,9-10H;6*1H3;1H2;;;/b3*8-5+;;;;;;;;;;. The Labute approximate surface area is 268 Å². The van der Waals surface area contributed by atoms with E-state index in [1.807, 2.05) is 0 Å². The molecule has 0 atom stereocenters. The van der Waals surface area contributed by atoms with Crippen LogP contribution in [-0.2, 0) is 0 Å². The first kappa shape index (κ1) is 44.8. The van der Waals surface area contributed by atoms with E-state index in [9.17, 15) is 0 Å². The second-order valence-electron chi connectivity index (χ2n) is 6.91. The summed E-state index contributed by atoms with van der Waals surface area (Å²) in [7, 11) is 0. The minimum atomic E-state index is 0. The van der Waals surface area contributed by atoms with Gasteiger partial charge in [-0.05, 0) is 36.4 Å². The summed E-state index contributed by atoms with van der Waals surface area (Å²) in [4.78, 5) is 13.8. The third-order valence-corrected chi connectivity index (χ3v) is 3.40. The second-order valence-corrected chi connectivity index (χ2v) is 15.5. The van der Waals surface area contributed by atoms with Crippen molar-refractivity contribution in [1.29, 1.82) is 0 Å². The summed E-state index contributed by atoms with van der Waals surface area (Å²) in [5, 5.41) is 59.8. The van der Waals surface area contributed by atoms with Gasteiger partial charge in [0.05, 0.1) is 18.6 Å². The van der Waals surface area contributed by atoms with Gasteiger partial charge in [0.2, 0.25) is 0 Å². The molecule has 3 aromatic carbocycles. The zero-order valence-corrected chi connectivity index (χ0v) is 32.2. The van der Waals surface area contributed by atoms with Gasteiger partial charge in [0.25, 0.3) is 0 Å². The molecule has 0 aliphatic rings. The van der Waals surface area contributed by atoms with Crippen LogP contribution in [0, 0.1) is 0 Å². The fourth-order valence-corrected chi connectivity index (χ4v) is 1.98. The van der Waals surface area contributed by atoms with Gasteiger partial charge in [0, 0.05) is 16.7 Å². The van der Waals surface area contributed by atoms with Crippen molar-refractivity contribution in [3.8, 4) is 17.2 Å². The maximum absolute atomic E-state index is 9.04. The van der Waals surface area contributed by atoms with Gasteiger partial charge < -0.3 is 36.4 Å². The Balaban J connectivity index is -0.000000209. The zero-order chi connectivity index (χ0) is 30.3. The number of benzene rings is 3. The number of phenols is 3. The van der Waals surface area contributed by atoms with Crippen molar-refractivity contribution < 1.29 is 36.4 Å². The molecule has 0 amide bonds. The van der Waals surface area contributed by atoms with E-state index in [4.69, 9.17) is 30.9 Å². The molecule has 0 spiro atoms. The van der Waals surface area contributed by atoms with Gasteiger partial charge >= 0.3 is 93.1 Å². The summed E-state index contributed by atoms with van der Waals surface area (Å²) >= 11 is 0.690. The average Bonchev–Trinajstić information content (AvgIpc) is 2.91. The van der Waals surface area contributed by atoms with E-state index in [2.05, 4.69) is 45.1 Å². The summed E-state index contributed by atoms with van der Waals surface area (Å²) in [5.41, 5.74) is 1.51. The van der Waals surface area contributed by atoms with Crippen molar-refractivity contribution in [3.05, 3.63) is 89.5 Å². The first-order valence-electron chi connectivity index (χ1n) is 11.4. The third kappa shape index (κ3) is 27.4.